The normalized spacial score (nSPS) is 20.4. The first-order chi connectivity index (χ1) is 8.15. The molecule has 0 saturated carbocycles. The van der Waals surface area contributed by atoms with Crippen LogP contribution in [0.1, 0.15) is 24.1 Å². The average Bonchev–Trinajstić information content (AvgIpc) is 2.33. The molecule has 94 valence electrons. The molecular weight excluding hydrogens is 210 g/mol. The summed E-state index contributed by atoms with van der Waals surface area (Å²) in [7, 11) is 2.19. The highest BCUT2D eigenvalue weighted by molar-refractivity contribution is 5.24. The van der Waals surface area contributed by atoms with Gasteiger partial charge in [0.1, 0.15) is 0 Å². The zero-order valence-corrected chi connectivity index (χ0v) is 10.9. The van der Waals surface area contributed by atoms with Crippen LogP contribution in [-0.2, 0) is 6.54 Å². The molecule has 0 bridgehead atoms. The number of hydrogen-bond acceptors (Lipinski definition) is 3. The molecule has 3 nitrogen and oxygen atoms in total. The number of benzene rings is 1. The molecule has 0 aliphatic carbocycles. The van der Waals surface area contributed by atoms with Crippen molar-refractivity contribution >= 4 is 0 Å². The minimum absolute atomic E-state index is 0.132. The van der Waals surface area contributed by atoms with Gasteiger partial charge in [-0.2, -0.15) is 0 Å². The number of likely N-dealkylation sites (N-methyl/N-ethyl adjacent to an activating group) is 1. The topological polar surface area (TPSA) is 32.5 Å². The predicted molar refractivity (Wildman–Crippen MR) is 71.8 cm³/mol. The van der Waals surface area contributed by atoms with Gasteiger partial charge in [-0.05, 0) is 25.1 Å². The van der Waals surface area contributed by atoms with Gasteiger partial charge in [0.2, 0.25) is 0 Å². The van der Waals surface area contributed by atoms with Crippen molar-refractivity contribution in [3.8, 4) is 0 Å². The zero-order chi connectivity index (χ0) is 12.3. The van der Waals surface area contributed by atoms with Crippen LogP contribution >= 0.6 is 0 Å². The van der Waals surface area contributed by atoms with Crippen LogP contribution in [-0.4, -0.2) is 43.0 Å². The third kappa shape index (κ3) is 3.53. The Morgan fingerprint density at radius 3 is 2.24 bits per heavy atom. The van der Waals surface area contributed by atoms with Crippen LogP contribution in [0.15, 0.2) is 24.3 Å². The molecule has 17 heavy (non-hydrogen) atoms. The van der Waals surface area contributed by atoms with Gasteiger partial charge in [-0.3, -0.25) is 4.90 Å². The van der Waals surface area contributed by atoms with E-state index in [0.29, 0.717) is 0 Å². The third-order valence-electron chi connectivity index (χ3n) is 3.51. The van der Waals surface area contributed by atoms with Crippen LogP contribution in [0.25, 0.3) is 0 Å². The van der Waals surface area contributed by atoms with E-state index >= 15 is 0 Å². The van der Waals surface area contributed by atoms with Gasteiger partial charge in [0.25, 0.3) is 0 Å². The lowest BCUT2D eigenvalue weighted by Crippen LogP contribution is -2.43. The molecule has 3 heteroatoms. The van der Waals surface area contributed by atoms with Crippen molar-refractivity contribution in [2.75, 3.05) is 33.2 Å². The van der Waals surface area contributed by atoms with E-state index in [1.165, 1.54) is 37.3 Å². The van der Waals surface area contributed by atoms with Gasteiger partial charge in [0.05, 0.1) is 0 Å². The first kappa shape index (κ1) is 12.6. The Morgan fingerprint density at radius 1 is 1.12 bits per heavy atom. The highest BCUT2D eigenvalue weighted by Gasteiger charge is 2.13. The largest absolute Gasteiger partial charge is 0.324 e. The number of nitrogens with two attached hydrogens (primary N) is 1. The van der Waals surface area contributed by atoms with Crippen LogP contribution in [0.4, 0.5) is 0 Å². The van der Waals surface area contributed by atoms with Crippen molar-refractivity contribution in [2.45, 2.75) is 19.5 Å². The van der Waals surface area contributed by atoms with Crippen molar-refractivity contribution in [1.29, 1.82) is 0 Å². The van der Waals surface area contributed by atoms with Crippen molar-refractivity contribution < 1.29 is 0 Å². The maximum Gasteiger partial charge on any atom is 0.0266 e. The maximum atomic E-state index is 5.85. The number of hydrogen-bond donors (Lipinski definition) is 1. The Bertz CT molecular complexity index is 337. The lowest BCUT2D eigenvalue weighted by molar-refractivity contribution is 0.148. The highest BCUT2D eigenvalue weighted by Crippen LogP contribution is 2.13. The van der Waals surface area contributed by atoms with E-state index in [4.69, 9.17) is 5.73 Å². The van der Waals surface area contributed by atoms with Gasteiger partial charge in [-0.1, -0.05) is 24.3 Å². The molecule has 0 aromatic heterocycles. The van der Waals surface area contributed by atoms with Crippen LogP contribution in [0.2, 0.25) is 0 Å². The lowest BCUT2D eigenvalue weighted by atomic mass is 10.1. The second-order valence-corrected chi connectivity index (χ2v) is 5.11. The molecule has 1 atom stereocenters. The van der Waals surface area contributed by atoms with Gasteiger partial charge in [-0.15, -0.1) is 0 Å². The number of piperazine rings is 1. The Hall–Kier alpha value is -0.900. The Morgan fingerprint density at radius 2 is 1.71 bits per heavy atom. The van der Waals surface area contributed by atoms with Crippen molar-refractivity contribution in [1.82, 2.24) is 9.80 Å². The summed E-state index contributed by atoms with van der Waals surface area (Å²) in [5, 5.41) is 0. The fraction of sp³-hybridized carbons (Fsp3) is 0.571. The lowest BCUT2D eigenvalue weighted by Gasteiger charge is -2.32. The Labute approximate surface area is 104 Å². The van der Waals surface area contributed by atoms with E-state index in [0.717, 1.165) is 6.54 Å². The molecule has 1 aromatic carbocycles. The highest BCUT2D eigenvalue weighted by atomic mass is 15.2. The van der Waals surface area contributed by atoms with E-state index < -0.39 is 0 Å². The van der Waals surface area contributed by atoms with Crippen LogP contribution in [0.3, 0.4) is 0 Å². The van der Waals surface area contributed by atoms with E-state index in [-0.39, 0.29) is 6.04 Å². The van der Waals surface area contributed by atoms with Crippen LogP contribution in [0.5, 0.6) is 0 Å². The Balaban J connectivity index is 1.90. The molecule has 2 N–H and O–H groups in total. The minimum Gasteiger partial charge on any atom is -0.324 e. The molecule has 0 spiro atoms. The fourth-order valence-corrected chi connectivity index (χ4v) is 2.19. The van der Waals surface area contributed by atoms with Gasteiger partial charge in [-0.25, -0.2) is 0 Å². The average molecular weight is 233 g/mol. The van der Waals surface area contributed by atoms with E-state index in [9.17, 15) is 0 Å². The number of nitrogens with zero attached hydrogens (tertiary/aromatic N) is 2. The standard InChI is InChI=1S/C14H23N3/c1-12(15)14-5-3-13(4-6-14)11-17-9-7-16(2)8-10-17/h3-6,12H,7-11,15H2,1-2H3/t12-/m0/s1. The second-order valence-electron chi connectivity index (χ2n) is 5.11. The molecule has 1 heterocycles. The zero-order valence-electron chi connectivity index (χ0n) is 10.9. The van der Waals surface area contributed by atoms with Crippen molar-refractivity contribution in [2.24, 2.45) is 5.73 Å². The monoisotopic (exact) mass is 233 g/mol. The molecule has 2 rings (SSSR count). The summed E-state index contributed by atoms with van der Waals surface area (Å²) in [6.45, 7) is 7.79. The second kappa shape index (κ2) is 5.63. The smallest absolute Gasteiger partial charge is 0.0266 e. The summed E-state index contributed by atoms with van der Waals surface area (Å²) in [6, 6.07) is 8.84. The summed E-state index contributed by atoms with van der Waals surface area (Å²) >= 11 is 0. The van der Waals surface area contributed by atoms with Gasteiger partial charge >= 0.3 is 0 Å². The van der Waals surface area contributed by atoms with Gasteiger partial charge < -0.3 is 10.6 Å². The van der Waals surface area contributed by atoms with Crippen molar-refractivity contribution in [3.05, 3.63) is 35.4 Å². The van der Waals surface area contributed by atoms with Gasteiger partial charge in [0, 0.05) is 38.8 Å². The summed E-state index contributed by atoms with van der Waals surface area (Å²) < 4.78 is 0. The predicted octanol–water partition coefficient (Wildman–Crippen LogP) is 1.45. The van der Waals surface area contributed by atoms with E-state index in [1.807, 2.05) is 6.92 Å². The summed E-state index contributed by atoms with van der Waals surface area (Å²) in [5.74, 6) is 0. The summed E-state index contributed by atoms with van der Waals surface area (Å²) in [6.07, 6.45) is 0. The van der Waals surface area contributed by atoms with Crippen LogP contribution < -0.4 is 5.73 Å². The molecule has 1 aliphatic heterocycles. The van der Waals surface area contributed by atoms with Crippen LogP contribution in [0, 0.1) is 0 Å². The first-order valence-corrected chi connectivity index (χ1v) is 6.40. The maximum absolute atomic E-state index is 5.85. The summed E-state index contributed by atoms with van der Waals surface area (Å²) in [4.78, 5) is 4.90. The molecule has 0 amide bonds. The Kier molecular flexibility index (Phi) is 4.15. The quantitative estimate of drug-likeness (QED) is 0.858. The molecule has 1 fully saturated rings. The molecule has 0 radical (unpaired) electrons. The molecule has 1 aliphatic rings. The molecular formula is C14H23N3. The van der Waals surface area contributed by atoms with Gasteiger partial charge in [0.15, 0.2) is 0 Å². The third-order valence-corrected chi connectivity index (χ3v) is 3.51. The minimum atomic E-state index is 0.132. The van der Waals surface area contributed by atoms with E-state index in [2.05, 4.69) is 41.1 Å². The fourth-order valence-electron chi connectivity index (χ4n) is 2.19. The number of rotatable bonds is 3. The first-order valence-electron chi connectivity index (χ1n) is 6.40. The SMILES string of the molecule is C[C@H](N)c1ccc(CN2CCN(C)CC2)cc1. The summed E-state index contributed by atoms with van der Waals surface area (Å²) in [5.41, 5.74) is 8.45. The van der Waals surface area contributed by atoms with E-state index in [1.54, 1.807) is 0 Å². The molecule has 1 saturated heterocycles. The molecule has 0 unspecified atom stereocenters. The molecule has 1 aromatic rings. The van der Waals surface area contributed by atoms with Crippen molar-refractivity contribution in [3.63, 3.8) is 0 Å².